The normalized spacial score (nSPS) is 20.4. The summed E-state index contributed by atoms with van der Waals surface area (Å²) in [6.45, 7) is 2.58. The molecule has 2 fully saturated rings. The lowest BCUT2D eigenvalue weighted by Crippen LogP contribution is -2.67. The first-order valence-electron chi connectivity index (χ1n) is 11.4. The summed E-state index contributed by atoms with van der Waals surface area (Å²) in [6.07, 6.45) is 0.288. The molecule has 2 heterocycles. The van der Waals surface area contributed by atoms with E-state index in [4.69, 9.17) is 0 Å². The number of hydrogen-bond donors (Lipinski definition) is 2. The highest BCUT2D eigenvalue weighted by atomic mass is 19.3. The van der Waals surface area contributed by atoms with Gasteiger partial charge in [0.05, 0.1) is 11.8 Å². The van der Waals surface area contributed by atoms with Gasteiger partial charge in [-0.2, -0.15) is 8.78 Å². The van der Waals surface area contributed by atoms with E-state index in [0.717, 1.165) is 11.1 Å². The van der Waals surface area contributed by atoms with E-state index in [0.29, 0.717) is 5.69 Å². The summed E-state index contributed by atoms with van der Waals surface area (Å²) in [7, 11) is 0. The van der Waals surface area contributed by atoms with Crippen LogP contribution in [0.25, 0.3) is 0 Å². The van der Waals surface area contributed by atoms with Gasteiger partial charge in [0, 0.05) is 18.8 Å². The second-order valence-electron chi connectivity index (χ2n) is 9.44. The predicted octanol–water partition coefficient (Wildman–Crippen LogP) is 3.55. The number of nitrogens with one attached hydrogen (secondary N) is 1. The van der Waals surface area contributed by atoms with Gasteiger partial charge >= 0.3 is 12.6 Å². The fourth-order valence-electron chi connectivity index (χ4n) is 4.65. The fraction of sp³-hybridized carbons (Fsp3) is 0.440. The van der Waals surface area contributed by atoms with E-state index < -0.39 is 41.6 Å². The number of anilines is 1. The maximum Gasteiger partial charge on any atom is 0.388 e. The van der Waals surface area contributed by atoms with E-state index in [2.05, 4.69) is 15.0 Å². The van der Waals surface area contributed by atoms with Crippen molar-refractivity contribution in [3.63, 3.8) is 0 Å². The molecule has 1 saturated carbocycles. The monoisotopic (exact) mass is 487 g/mol. The lowest BCUT2D eigenvalue weighted by atomic mass is 9.69. The van der Waals surface area contributed by atoms with Gasteiger partial charge < -0.3 is 20.1 Å². The average molecular weight is 488 g/mol. The third kappa shape index (κ3) is 4.69. The molecule has 35 heavy (non-hydrogen) atoms. The van der Waals surface area contributed by atoms with Gasteiger partial charge in [0.15, 0.2) is 0 Å². The molecular formula is C25H27F2N3O5. The van der Waals surface area contributed by atoms with Crippen molar-refractivity contribution in [3.05, 3.63) is 53.2 Å². The summed E-state index contributed by atoms with van der Waals surface area (Å²) in [4.78, 5) is 43.3. The Labute approximate surface area is 201 Å². The summed E-state index contributed by atoms with van der Waals surface area (Å²) in [5.41, 5.74) is 0.961. The molecule has 2 atom stereocenters. The van der Waals surface area contributed by atoms with Crippen LogP contribution in [0.2, 0.25) is 0 Å². The number of amides is 2. The summed E-state index contributed by atoms with van der Waals surface area (Å²) in [5, 5.41) is 11.9. The number of aromatic nitrogens is 1. The van der Waals surface area contributed by atoms with Crippen LogP contribution in [0.1, 0.15) is 43.0 Å². The molecule has 1 saturated heterocycles. The molecule has 1 aromatic heterocycles. The molecule has 10 heteroatoms. The lowest BCUT2D eigenvalue weighted by Gasteiger charge is -2.50. The van der Waals surface area contributed by atoms with Crippen LogP contribution in [0.4, 0.5) is 14.5 Å². The summed E-state index contributed by atoms with van der Waals surface area (Å²) in [5.74, 6) is -3.36. The van der Waals surface area contributed by atoms with Crippen LogP contribution in [-0.2, 0) is 19.8 Å². The Hall–Kier alpha value is -3.56. The molecule has 1 aliphatic carbocycles. The first-order valence-corrected chi connectivity index (χ1v) is 11.4. The van der Waals surface area contributed by atoms with Crippen LogP contribution in [-0.4, -0.2) is 52.5 Å². The molecule has 1 aromatic carbocycles. The number of halogens is 2. The molecule has 0 radical (unpaired) electrons. The van der Waals surface area contributed by atoms with E-state index in [1.54, 1.807) is 19.1 Å². The quantitative estimate of drug-likeness (QED) is 0.590. The van der Waals surface area contributed by atoms with Crippen molar-refractivity contribution in [3.8, 4) is 5.88 Å². The predicted molar refractivity (Wildman–Crippen MR) is 122 cm³/mol. The van der Waals surface area contributed by atoms with Crippen LogP contribution in [0, 0.1) is 18.8 Å². The Kier molecular flexibility index (Phi) is 6.48. The molecule has 2 unspecified atom stereocenters. The molecule has 2 aliphatic rings. The van der Waals surface area contributed by atoms with Gasteiger partial charge in [-0.15, -0.1) is 0 Å². The number of rotatable bonds is 8. The minimum atomic E-state index is -3.12. The summed E-state index contributed by atoms with van der Waals surface area (Å²) >= 11 is 0. The summed E-state index contributed by atoms with van der Waals surface area (Å²) < 4.78 is 30.4. The van der Waals surface area contributed by atoms with Gasteiger partial charge in [-0.25, -0.2) is 4.98 Å². The minimum absolute atomic E-state index is 0.000198. The number of benzene rings is 1. The second kappa shape index (κ2) is 9.24. The average Bonchev–Trinajstić information content (AvgIpc) is 3.56. The number of carboxylic acid groups (broad SMARTS) is 1. The Morgan fingerprint density at radius 3 is 2.43 bits per heavy atom. The molecule has 0 spiro atoms. The van der Waals surface area contributed by atoms with Crippen molar-refractivity contribution >= 4 is 23.5 Å². The zero-order valence-corrected chi connectivity index (χ0v) is 19.6. The van der Waals surface area contributed by atoms with Gasteiger partial charge in [0.2, 0.25) is 17.7 Å². The highest BCUT2D eigenvalue weighted by Gasteiger charge is 2.58. The number of hydrogen-bond acceptors (Lipinski definition) is 5. The third-order valence-corrected chi connectivity index (χ3v) is 6.64. The van der Waals surface area contributed by atoms with E-state index in [1.165, 1.54) is 11.0 Å². The third-order valence-electron chi connectivity index (χ3n) is 6.64. The number of carbonyl (C=O) groups excluding carboxylic acids is 2. The SMILES string of the molecule is Cc1ccc(NC(=O)C2(c3ccccc3C(C)C)CN(C(=O)C3CC3C(=O)O)C2)c(OC(F)F)n1. The maximum atomic E-state index is 13.7. The zero-order chi connectivity index (χ0) is 25.5. The highest BCUT2D eigenvalue weighted by molar-refractivity contribution is 6.03. The highest BCUT2D eigenvalue weighted by Crippen LogP contribution is 2.45. The van der Waals surface area contributed by atoms with Crippen molar-refractivity contribution in [2.45, 2.75) is 45.1 Å². The minimum Gasteiger partial charge on any atom is -0.481 e. The number of likely N-dealkylation sites (tertiary alicyclic amines) is 1. The first kappa shape index (κ1) is 24.6. The molecule has 0 bridgehead atoms. The largest absolute Gasteiger partial charge is 0.481 e. The Morgan fingerprint density at radius 1 is 1.14 bits per heavy atom. The van der Waals surface area contributed by atoms with Gasteiger partial charge in [0.1, 0.15) is 11.1 Å². The second-order valence-corrected chi connectivity index (χ2v) is 9.44. The first-order chi connectivity index (χ1) is 16.5. The molecule has 8 nitrogen and oxygen atoms in total. The van der Waals surface area contributed by atoms with Gasteiger partial charge in [0.25, 0.3) is 0 Å². The van der Waals surface area contributed by atoms with Crippen LogP contribution >= 0.6 is 0 Å². The zero-order valence-electron chi connectivity index (χ0n) is 19.6. The van der Waals surface area contributed by atoms with Crippen molar-refractivity contribution < 1.29 is 33.0 Å². The van der Waals surface area contributed by atoms with E-state index in [9.17, 15) is 28.3 Å². The maximum absolute atomic E-state index is 13.7. The van der Waals surface area contributed by atoms with E-state index in [-0.39, 0.29) is 37.0 Å². The molecule has 2 N–H and O–H groups in total. The number of pyridine rings is 1. The van der Waals surface area contributed by atoms with Crippen LogP contribution < -0.4 is 10.1 Å². The number of nitrogens with zero attached hydrogens (tertiary/aromatic N) is 2. The molecule has 2 amide bonds. The molecule has 186 valence electrons. The number of aliphatic carboxylic acids is 1. The standard InChI is InChI=1S/C25H27F2N3O5/c1-13(2)15-6-4-5-7-18(15)25(11-30(12-25)21(31)16-10-17(16)22(32)33)23(34)29-19-9-8-14(3)28-20(19)35-24(26)27/h4-9,13,16-17,24H,10-12H2,1-3H3,(H,29,34)(H,32,33). The molecular weight excluding hydrogens is 460 g/mol. The number of alkyl halides is 2. The molecule has 4 rings (SSSR count). The van der Waals surface area contributed by atoms with E-state index in [1.807, 2.05) is 32.0 Å². The number of ether oxygens (including phenoxy) is 1. The summed E-state index contributed by atoms with van der Waals surface area (Å²) in [6, 6.07) is 10.4. The molecule has 2 aromatic rings. The van der Waals surface area contributed by atoms with Crippen molar-refractivity contribution in [1.29, 1.82) is 0 Å². The Morgan fingerprint density at radius 2 is 1.83 bits per heavy atom. The van der Waals surface area contributed by atoms with Gasteiger partial charge in [-0.3, -0.25) is 14.4 Å². The van der Waals surface area contributed by atoms with Gasteiger partial charge in [-0.05, 0) is 42.5 Å². The Bertz CT molecular complexity index is 1160. The fourth-order valence-corrected chi connectivity index (χ4v) is 4.65. The number of carboxylic acids is 1. The number of carbonyl (C=O) groups is 3. The smallest absolute Gasteiger partial charge is 0.388 e. The Balaban J connectivity index is 1.65. The molecule has 1 aliphatic heterocycles. The van der Waals surface area contributed by atoms with Crippen molar-refractivity contribution in [2.75, 3.05) is 18.4 Å². The van der Waals surface area contributed by atoms with Crippen LogP contribution in [0.15, 0.2) is 36.4 Å². The van der Waals surface area contributed by atoms with Crippen LogP contribution in [0.5, 0.6) is 5.88 Å². The van der Waals surface area contributed by atoms with Crippen LogP contribution in [0.3, 0.4) is 0 Å². The van der Waals surface area contributed by atoms with Crippen molar-refractivity contribution in [2.24, 2.45) is 11.8 Å². The lowest BCUT2D eigenvalue weighted by molar-refractivity contribution is -0.148. The van der Waals surface area contributed by atoms with Crippen molar-refractivity contribution in [1.82, 2.24) is 9.88 Å². The number of aryl methyl sites for hydroxylation is 1. The van der Waals surface area contributed by atoms with Gasteiger partial charge in [-0.1, -0.05) is 38.1 Å². The van der Waals surface area contributed by atoms with E-state index >= 15 is 0 Å². The topological polar surface area (TPSA) is 109 Å².